The van der Waals surface area contributed by atoms with Crippen LogP contribution in [0, 0.1) is 0 Å². The number of aryl methyl sites for hydroxylation is 1. The number of aromatic nitrogens is 1. The lowest BCUT2D eigenvalue weighted by Crippen LogP contribution is -2.17. The van der Waals surface area contributed by atoms with Gasteiger partial charge in [0.25, 0.3) is 5.56 Å². The molecule has 0 spiro atoms. The van der Waals surface area contributed by atoms with Crippen molar-refractivity contribution < 1.29 is 0 Å². The summed E-state index contributed by atoms with van der Waals surface area (Å²) in [5.74, 6) is 0. The van der Waals surface area contributed by atoms with E-state index in [0.29, 0.717) is 6.54 Å². The molecule has 0 bridgehead atoms. The van der Waals surface area contributed by atoms with E-state index in [1.54, 1.807) is 10.6 Å². The Balaban J connectivity index is 1.85. The first-order chi connectivity index (χ1) is 10.3. The van der Waals surface area contributed by atoms with E-state index < -0.39 is 0 Å². The molecule has 0 saturated heterocycles. The van der Waals surface area contributed by atoms with Gasteiger partial charge in [-0.05, 0) is 29.3 Å². The Labute approximate surface area is 123 Å². The van der Waals surface area contributed by atoms with Gasteiger partial charge in [0.1, 0.15) is 0 Å². The fourth-order valence-electron chi connectivity index (χ4n) is 2.53. The van der Waals surface area contributed by atoms with Crippen molar-refractivity contribution in [2.45, 2.75) is 20.0 Å². The van der Waals surface area contributed by atoms with E-state index >= 15 is 0 Å². The van der Waals surface area contributed by atoms with Crippen molar-refractivity contribution in [2.24, 2.45) is 0 Å². The summed E-state index contributed by atoms with van der Waals surface area (Å²) >= 11 is 0. The van der Waals surface area contributed by atoms with E-state index in [1.807, 2.05) is 19.2 Å². The fraction of sp³-hybridized carbons (Fsp3) is 0.167. The molecular formula is C18H18N2O. The molecule has 1 heterocycles. The molecule has 0 aliphatic carbocycles. The molecular weight excluding hydrogens is 260 g/mol. The highest BCUT2D eigenvalue weighted by Gasteiger charge is 2.01. The number of nitrogens with zero attached hydrogens (tertiary/aromatic N) is 1. The third kappa shape index (κ3) is 2.82. The van der Waals surface area contributed by atoms with Gasteiger partial charge in [-0.15, -0.1) is 0 Å². The SMILES string of the molecule is CCn1cc(NCc2cccc3ccccc23)ccc1=O. The molecule has 0 unspecified atom stereocenters. The zero-order chi connectivity index (χ0) is 14.7. The second-order valence-corrected chi connectivity index (χ2v) is 5.03. The van der Waals surface area contributed by atoms with Crippen molar-refractivity contribution in [3.05, 3.63) is 76.7 Å². The summed E-state index contributed by atoms with van der Waals surface area (Å²) in [7, 11) is 0. The molecule has 1 N–H and O–H groups in total. The van der Waals surface area contributed by atoms with Crippen LogP contribution in [-0.4, -0.2) is 4.57 Å². The van der Waals surface area contributed by atoms with Gasteiger partial charge in [0, 0.05) is 25.4 Å². The number of benzene rings is 2. The monoisotopic (exact) mass is 278 g/mol. The Morgan fingerprint density at radius 3 is 2.67 bits per heavy atom. The summed E-state index contributed by atoms with van der Waals surface area (Å²) < 4.78 is 1.70. The maximum Gasteiger partial charge on any atom is 0.250 e. The van der Waals surface area contributed by atoms with E-state index in [9.17, 15) is 4.79 Å². The summed E-state index contributed by atoms with van der Waals surface area (Å²) in [6.45, 7) is 3.39. The van der Waals surface area contributed by atoms with Crippen LogP contribution < -0.4 is 10.9 Å². The Morgan fingerprint density at radius 1 is 1.00 bits per heavy atom. The summed E-state index contributed by atoms with van der Waals surface area (Å²) in [5.41, 5.74) is 2.25. The van der Waals surface area contributed by atoms with Gasteiger partial charge in [0.15, 0.2) is 0 Å². The van der Waals surface area contributed by atoms with E-state index in [-0.39, 0.29) is 5.56 Å². The van der Waals surface area contributed by atoms with Crippen LogP contribution in [0.5, 0.6) is 0 Å². The molecule has 0 aliphatic rings. The number of pyridine rings is 1. The van der Waals surface area contributed by atoms with E-state index in [1.165, 1.54) is 16.3 Å². The molecule has 0 fully saturated rings. The first kappa shape index (κ1) is 13.4. The molecule has 0 aliphatic heterocycles. The summed E-state index contributed by atoms with van der Waals surface area (Å²) in [5, 5.41) is 5.90. The smallest absolute Gasteiger partial charge is 0.250 e. The lowest BCUT2D eigenvalue weighted by Gasteiger charge is -2.11. The fourth-order valence-corrected chi connectivity index (χ4v) is 2.53. The van der Waals surface area contributed by atoms with Crippen LogP contribution in [0.4, 0.5) is 5.69 Å². The summed E-state index contributed by atoms with van der Waals surface area (Å²) in [6, 6.07) is 18.1. The maximum atomic E-state index is 11.6. The molecule has 106 valence electrons. The number of hydrogen-bond acceptors (Lipinski definition) is 2. The first-order valence-electron chi connectivity index (χ1n) is 7.19. The van der Waals surface area contributed by atoms with Crippen molar-refractivity contribution in [1.29, 1.82) is 0 Å². The summed E-state index contributed by atoms with van der Waals surface area (Å²) in [4.78, 5) is 11.6. The molecule has 3 nitrogen and oxygen atoms in total. The normalized spacial score (nSPS) is 10.7. The van der Waals surface area contributed by atoms with Crippen LogP contribution in [0.3, 0.4) is 0 Å². The number of nitrogens with one attached hydrogen (secondary N) is 1. The first-order valence-corrected chi connectivity index (χ1v) is 7.19. The highest BCUT2D eigenvalue weighted by molar-refractivity contribution is 5.85. The molecule has 2 aromatic carbocycles. The highest BCUT2D eigenvalue weighted by Crippen LogP contribution is 2.19. The minimum absolute atomic E-state index is 0.0354. The Hall–Kier alpha value is -2.55. The lowest BCUT2D eigenvalue weighted by molar-refractivity contribution is 0.728. The molecule has 0 amide bonds. The number of anilines is 1. The van der Waals surface area contributed by atoms with Gasteiger partial charge in [-0.2, -0.15) is 0 Å². The molecule has 1 aromatic heterocycles. The largest absolute Gasteiger partial charge is 0.380 e. The standard InChI is InChI=1S/C18H18N2O/c1-2-20-13-16(10-11-18(20)21)19-12-15-8-5-7-14-6-3-4-9-17(14)15/h3-11,13,19H,2,12H2,1H3. The highest BCUT2D eigenvalue weighted by atomic mass is 16.1. The Kier molecular flexibility index (Phi) is 3.73. The minimum atomic E-state index is 0.0354. The molecule has 0 radical (unpaired) electrons. The van der Waals surface area contributed by atoms with E-state index in [2.05, 4.69) is 47.8 Å². The Morgan fingerprint density at radius 2 is 1.81 bits per heavy atom. The molecule has 3 aromatic rings. The van der Waals surface area contributed by atoms with Crippen LogP contribution in [0.1, 0.15) is 12.5 Å². The van der Waals surface area contributed by atoms with Crippen LogP contribution in [0.15, 0.2) is 65.6 Å². The topological polar surface area (TPSA) is 34.0 Å². The van der Waals surface area contributed by atoms with Crippen molar-refractivity contribution >= 4 is 16.5 Å². The molecule has 3 heteroatoms. The summed E-state index contributed by atoms with van der Waals surface area (Å²) in [6.07, 6.45) is 1.87. The van der Waals surface area contributed by atoms with Gasteiger partial charge in [0.05, 0.1) is 5.69 Å². The maximum absolute atomic E-state index is 11.6. The number of rotatable bonds is 4. The molecule has 0 atom stereocenters. The molecule has 3 rings (SSSR count). The van der Waals surface area contributed by atoms with E-state index in [4.69, 9.17) is 0 Å². The quantitative estimate of drug-likeness (QED) is 0.790. The van der Waals surface area contributed by atoms with Gasteiger partial charge in [0.2, 0.25) is 0 Å². The zero-order valence-corrected chi connectivity index (χ0v) is 12.0. The van der Waals surface area contributed by atoms with Gasteiger partial charge < -0.3 is 9.88 Å². The van der Waals surface area contributed by atoms with Crippen LogP contribution in [-0.2, 0) is 13.1 Å². The molecule has 21 heavy (non-hydrogen) atoms. The Bertz CT molecular complexity index is 815. The average Bonchev–Trinajstić information content (AvgIpc) is 2.54. The van der Waals surface area contributed by atoms with Crippen LogP contribution in [0.2, 0.25) is 0 Å². The van der Waals surface area contributed by atoms with Gasteiger partial charge in [-0.1, -0.05) is 42.5 Å². The van der Waals surface area contributed by atoms with Crippen molar-refractivity contribution in [3.8, 4) is 0 Å². The number of fused-ring (bicyclic) bond motifs is 1. The van der Waals surface area contributed by atoms with Crippen molar-refractivity contribution in [2.75, 3.05) is 5.32 Å². The van der Waals surface area contributed by atoms with Gasteiger partial charge in [-0.25, -0.2) is 0 Å². The van der Waals surface area contributed by atoms with Crippen molar-refractivity contribution in [3.63, 3.8) is 0 Å². The predicted molar refractivity (Wildman–Crippen MR) is 87.7 cm³/mol. The lowest BCUT2D eigenvalue weighted by atomic mass is 10.0. The van der Waals surface area contributed by atoms with Gasteiger partial charge in [-0.3, -0.25) is 4.79 Å². The van der Waals surface area contributed by atoms with Crippen LogP contribution in [0.25, 0.3) is 10.8 Å². The third-order valence-corrected chi connectivity index (χ3v) is 3.69. The zero-order valence-electron chi connectivity index (χ0n) is 12.0. The van der Waals surface area contributed by atoms with Gasteiger partial charge >= 0.3 is 0 Å². The second-order valence-electron chi connectivity index (χ2n) is 5.03. The van der Waals surface area contributed by atoms with Crippen LogP contribution >= 0.6 is 0 Å². The third-order valence-electron chi connectivity index (χ3n) is 3.69. The number of hydrogen-bond donors (Lipinski definition) is 1. The minimum Gasteiger partial charge on any atom is -0.380 e. The second kappa shape index (κ2) is 5.83. The van der Waals surface area contributed by atoms with E-state index in [0.717, 1.165) is 12.2 Å². The molecule has 0 saturated carbocycles. The van der Waals surface area contributed by atoms with Crippen molar-refractivity contribution in [1.82, 2.24) is 4.57 Å². The average molecular weight is 278 g/mol. The predicted octanol–water partition coefficient (Wildman–Crippen LogP) is 3.63.